The van der Waals surface area contributed by atoms with Crippen molar-refractivity contribution in [2.75, 3.05) is 5.32 Å². The van der Waals surface area contributed by atoms with Gasteiger partial charge in [-0.25, -0.2) is 24.0 Å². The highest BCUT2D eigenvalue weighted by molar-refractivity contribution is 6.09. The molecule has 9 nitrogen and oxygen atoms in total. The Kier molecular flexibility index (Phi) is 5.86. The van der Waals surface area contributed by atoms with Gasteiger partial charge in [0, 0.05) is 23.9 Å². The molecule has 194 valence electrons. The highest BCUT2D eigenvalue weighted by Crippen LogP contribution is 2.39. The van der Waals surface area contributed by atoms with Gasteiger partial charge >= 0.3 is 0 Å². The number of anilines is 1. The maximum absolute atomic E-state index is 14.4. The number of rotatable bonds is 6. The van der Waals surface area contributed by atoms with Crippen molar-refractivity contribution in [2.24, 2.45) is 0 Å². The van der Waals surface area contributed by atoms with E-state index in [2.05, 4.69) is 30.7 Å². The summed E-state index contributed by atoms with van der Waals surface area (Å²) in [6.07, 6.45) is 1.63. The first kappa shape index (κ1) is 24.4. The van der Waals surface area contributed by atoms with Crippen LogP contribution in [0, 0.1) is 5.82 Å². The van der Waals surface area contributed by atoms with Crippen LogP contribution in [0.15, 0.2) is 72.9 Å². The molecular weight excluding hydrogens is 497 g/mol. The summed E-state index contributed by atoms with van der Waals surface area (Å²) in [7, 11) is 0. The predicted molar refractivity (Wildman–Crippen MR) is 143 cm³/mol. The third-order valence-corrected chi connectivity index (χ3v) is 6.84. The number of benzene rings is 2. The van der Waals surface area contributed by atoms with Crippen molar-refractivity contribution in [3.63, 3.8) is 0 Å². The van der Waals surface area contributed by atoms with Crippen molar-refractivity contribution < 1.29 is 14.0 Å². The number of fused-ring (bicyclic) bond motifs is 2. The smallest absolute Gasteiger partial charge is 0.270 e. The van der Waals surface area contributed by atoms with E-state index < -0.39 is 11.3 Å². The maximum atomic E-state index is 14.4. The lowest BCUT2D eigenvalue weighted by atomic mass is 9.85. The zero-order valence-corrected chi connectivity index (χ0v) is 21.3. The lowest BCUT2D eigenvalue weighted by molar-refractivity contribution is -0.119. The number of nitrogens with one attached hydrogen (secondary N) is 2. The minimum atomic E-state index is -1.01. The molecule has 10 heteroatoms. The van der Waals surface area contributed by atoms with Gasteiger partial charge in [-0.2, -0.15) is 5.10 Å². The number of carbonyl (C=O) groups is 2. The Hall–Kier alpha value is -4.99. The van der Waals surface area contributed by atoms with Crippen molar-refractivity contribution >= 4 is 28.7 Å². The number of amides is 2. The van der Waals surface area contributed by atoms with Crippen molar-refractivity contribution in [1.82, 2.24) is 30.0 Å². The lowest BCUT2D eigenvalue weighted by Crippen LogP contribution is -2.31. The topological polar surface area (TPSA) is 115 Å². The zero-order chi connectivity index (χ0) is 27.1. The minimum absolute atomic E-state index is 0.0926. The van der Waals surface area contributed by atoms with E-state index in [1.165, 1.54) is 6.07 Å². The van der Waals surface area contributed by atoms with Crippen LogP contribution in [0.5, 0.6) is 0 Å². The molecule has 1 aliphatic rings. The number of nitrogens with zero attached hydrogens (tertiary/aromatic N) is 5. The summed E-state index contributed by atoms with van der Waals surface area (Å²) in [5.74, 6) is -0.647. The minimum Gasteiger partial charge on any atom is -0.347 e. The van der Waals surface area contributed by atoms with Gasteiger partial charge in [0.1, 0.15) is 23.0 Å². The summed E-state index contributed by atoms with van der Waals surface area (Å²) >= 11 is 0. The second-order valence-electron chi connectivity index (χ2n) is 9.84. The Morgan fingerprint density at radius 2 is 1.79 bits per heavy atom. The monoisotopic (exact) mass is 521 g/mol. The molecule has 2 amide bonds. The average molecular weight is 522 g/mol. The molecule has 0 unspecified atom stereocenters. The number of hydrogen-bond acceptors (Lipinski definition) is 6. The molecule has 2 aromatic carbocycles. The summed E-state index contributed by atoms with van der Waals surface area (Å²) in [6.45, 7) is 3.89. The second-order valence-corrected chi connectivity index (χ2v) is 9.84. The molecule has 6 rings (SSSR count). The number of halogens is 1. The van der Waals surface area contributed by atoms with E-state index in [4.69, 9.17) is 0 Å². The van der Waals surface area contributed by atoms with E-state index in [1.807, 2.05) is 36.4 Å². The SMILES string of the molecule is CC1(C)C(=O)Nc2nc(-c3nn(Cc4ccccc4F)c4ncccc34)nc(C(=O)NCc3ccccc3)c21. The van der Waals surface area contributed by atoms with Gasteiger partial charge in [0.2, 0.25) is 5.91 Å². The largest absolute Gasteiger partial charge is 0.347 e. The molecule has 0 atom stereocenters. The van der Waals surface area contributed by atoms with Crippen LogP contribution < -0.4 is 10.6 Å². The molecule has 0 aliphatic carbocycles. The number of aromatic nitrogens is 5. The highest BCUT2D eigenvalue weighted by Gasteiger charge is 2.44. The zero-order valence-electron chi connectivity index (χ0n) is 21.3. The molecule has 4 heterocycles. The molecule has 0 fully saturated rings. The molecule has 0 spiro atoms. The summed E-state index contributed by atoms with van der Waals surface area (Å²) in [5.41, 5.74) is 1.76. The molecular formula is C29H24FN7O2. The van der Waals surface area contributed by atoms with Crippen LogP contribution in [0.25, 0.3) is 22.6 Å². The number of hydrogen-bond donors (Lipinski definition) is 2. The van der Waals surface area contributed by atoms with Crippen LogP contribution in [0.1, 0.15) is 41.0 Å². The van der Waals surface area contributed by atoms with Crippen LogP contribution >= 0.6 is 0 Å². The van der Waals surface area contributed by atoms with Gasteiger partial charge < -0.3 is 10.6 Å². The van der Waals surface area contributed by atoms with Gasteiger partial charge in [0.05, 0.1) is 17.3 Å². The quantitative estimate of drug-likeness (QED) is 0.346. The fourth-order valence-electron chi connectivity index (χ4n) is 4.73. The van der Waals surface area contributed by atoms with Crippen LogP contribution in [-0.4, -0.2) is 36.5 Å². The van der Waals surface area contributed by atoms with Gasteiger partial charge in [0.15, 0.2) is 11.5 Å². The van der Waals surface area contributed by atoms with E-state index in [-0.39, 0.29) is 35.6 Å². The van der Waals surface area contributed by atoms with Crippen molar-refractivity contribution in [3.05, 3.63) is 101 Å². The van der Waals surface area contributed by atoms with Gasteiger partial charge in [-0.3, -0.25) is 9.59 Å². The Morgan fingerprint density at radius 1 is 1.03 bits per heavy atom. The summed E-state index contributed by atoms with van der Waals surface area (Å²) in [6, 6.07) is 19.5. The second kappa shape index (κ2) is 9.39. The lowest BCUT2D eigenvalue weighted by Gasteiger charge is -2.18. The van der Waals surface area contributed by atoms with Crippen molar-refractivity contribution in [2.45, 2.75) is 32.4 Å². The Labute approximate surface area is 223 Å². The Balaban J connectivity index is 1.46. The van der Waals surface area contributed by atoms with Gasteiger partial charge in [0.25, 0.3) is 5.91 Å². The van der Waals surface area contributed by atoms with Crippen molar-refractivity contribution in [1.29, 1.82) is 0 Å². The number of carbonyl (C=O) groups excluding carboxylic acids is 2. The average Bonchev–Trinajstić information content (AvgIpc) is 3.42. The highest BCUT2D eigenvalue weighted by atomic mass is 19.1. The first-order valence-corrected chi connectivity index (χ1v) is 12.4. The summed E-state index contributed by atoms with van der Waals surface area (Å²) in [5, 5.41) is 11.0. The maximum Gasteiger partial charge on any atom is 0.270 e. The van der Waals surface area contributed by atoms with Crippen molar-refractivity contribution in [3.8, 4) is 11.5 Å². The molecule has 0 saturated heterocycles. The molecule has 0 radical (unpaired) electrons. The Morgan fingerprint density at radius 3 is 2.59 bits per heavy atom. The molecule has 3 aromatic heterocycles. The van der Waals surface area contributed by atoms with E-state index >= 15 is 0 Å². The normalized spacial score (nSPS) is 13.8. The van der Waals surface area contributed by atoms with Crippen LogP contribution in [-0.2, 0) is 23.3 Å². The van der Waals surface area contributed by atoms with E-state index in [0.717, 1.165) is 5.56 Å². The van der Waals surface area contributed by atoms with Crippen LogP contribution in [0.2, 0.25) is 0 Å². The molecule has 5 aromatic rings. The fraction of sp³-hybridized carbons (Fsp3) is 0.172. The van der Waals surface area contributed by atoms with E-state index in [1.54, 1.807) is 49.0 Å². The van der Waals surface area contributed by atoms with Crippen LogP contribution in [0.4, 0.5) is 10.2 Å². The molecule has 39 heavy (non-hydrogen) atoms. The summed E-state index contributed by atoms with van der Waals surface area (Å²) < 4.78 is 16.0. The van der Waals surface area contributed by atoms with E-state index in [9.17, 15) is 14.0 Å². The standard InChI is InChI=1S/C29H24FN7O2/c1-29(2)21-23(27(38)32-15-17-9-4-3-5-10-17)33-25(34-24(21)35-28(29)39)22-19-12-8-14-31-26(19)37(36-22)16-18-11-6-7-13-20(18)30/h3-14H,15-16H2,1-2H3,(H,32,38)(H,33,34,35,39). The molecule has 1 aliphatic heterocycles. The van der Waals surface area contributed by atoms with Gasteiger partial charge in [-0.15, -0.1) is 0 Å². The van der Waals surface area contributed by atoms with E-state index in [0.29, 0.717) is 34.4 Å². The third-order valence-electron chi connectivity index (χ3n) is 6.84. The first-order chi connectivity index (χ1) is 18.8. The predicted octanol–water partition coefficient (Wildman–Crippen LogP) is 4.24. The molecule has 0 saturated carbocycles. The van der Waals surface area contributed by atoms with Gasteiger partial charge in [-0.1, -0.05) is 48.5 Å². The van der Waals surface area contributed by atoms with Crippen LogP contribution in [0.3, 0.4) is 0 Å². The fourth-order valence-corrected chi connectivity index (χ4v) is 4.73. The Bertz CT molecular complexity index is 1750. The number of pyridine rings is 1. The third kappa shape index (κ3) is 4.29. The van der Waals surface area contributed by atoms with Gasteiger partial charge in [-0.05, 0) is 37.6 Å². The summed E-state index contributed by atoms with van der Waals surface area (Å²) in [4.78, 5) is 40.0. The molecule has 2 N–H and O–H groups in total. The first-order valence-electron chi connectivity index (χ1n) is 12.4. The molecule has 0 bridgehead atoms.